The van der Waals surface area contributed by atoms with Crippen molar-refractivity contribution in [3.8, 4) is 0 Å². The molecule has 3 heterocycles. The Bertz CT molecular complexity index is 673. The molecule has 1 aromatic carbocycles. The summed E-state index contributed by atoms with van der Waals surface area (Å²) in [7, 11) is 1.80. The summed E-state index contributed by atoms with van der Waals surface area (Å²) in [6, 6.07) is 8.61. The van der Waals surface area contributed by atoms with Gasteiger partial charge in [0.1, 0.15) is 0 Å². The molecule has 26 heavy (non-hydrogen) atoms. The monoisotopic (exact) mass is 356 g/mol. The zero-order chi connectivity index (χ0) is 17.9. The zero-order valence-corrected chi connectivity index (χ0v) is 15.4. The average Bonchev–Trinajstić information content (AvgIpc) is 3.29. The highest BCUT2D eigenvalue weighted by Gasteiger charge is 2.41. The Labute approximate surface area is 155 Å². The first-order valence-corrected chi connectivity index (χ1v) is 9.75. The Hall–Kier alpha value is -2.08. The molecule has 2 N–H and O–H groups in total. The number of benzene rings is 1. The minimum atomic E-state index is 0.236. The molecule has 0 aliphatic carbocycles. The molecule has 1 aromatic rings. The third-order valence-corrected chi connectivity index (χ3v) is 5.68. The quantitative estimate of drug-likeness (QED) is 0.641. The first-order valence-electron chi connectivity index (χ1n) is 9.75. The number of carbonyl (C=O) groups is 1. The van der Waals surface area contributed by atoms with Gasteiger partial charge in [-0.15, -0.1) is 0 Å². The van der Waals surface area contributed by atoms with Gasteiger partial charge in [-0.05, 0) is 49.8 Å². The third kappa shape index (κ3) is 3.70. The normalized spacial score (nSPS) is 28.5. The first kappa shape index (κ1) is 17.3. The number of aliphatic imine (C=N–C) groups is 1. The van der Waals surface area contributed by atoms with Gasteiger partial charge in [0.05, 0.1) is 18.2 Å². The molecule has 140 valence electrons. The highest BCUT2D eigenvalue weighted by molar-refractivity contribution is 5.93. The van der Waals surface area contributed by atoms with Crippen LogP contribution in [0.3, 0.4) is 0 Å². The van der Waals surface area contributed by atoms with Crippen LogP contribution in [0, 0.1) is 0 Å². The molecule has 3 saturated heterocycles. The van der Waals surface area contributed by atoms with Gasteiger partial charge in [-0.3, -0.25) is 9.79 Å². The van der Waals surface area contributed by atoms with Gasteiger partial charge in [-0.2, -0.15) is 0 Å². The van der Waals surface area contributed by atoms with E-state index in [-0.39, 0.29) is 5.91 Å². The maximum atomic E-state index is 12.0. The highest BCUT2D eigenvalue weighted by atomic mass is 16.5. The van der Waals surface area contributed by atoms with Crippen LogP contribution >= 0.6 is 0 Å². The van der Waals surface area contributed by atoms with Gasteiger partial charge in [0.2, 0.25) is 5.91 Å². The van der Waals surface area contributed by atoms with Crippen LogP contribution < -0.4 is 15.5 Å². The minimum Gasteiger partial charge on any atom is -0.373 e. The van der Waals surface area contributed by atoms with E-state index in [1.165, 1.54) is 12.0 Å². The lowest BCUT2D eigenvalue weighted by Crippen LogP contribution is -2.47. The first-order chi connectivity index (χ1) is 12.7. The number of guanidine groups is 1. The van der Waals surface area contributed by atoms with Crippen LogP contribution in [0.4, 0.5) is 5.69 Å². The van der Waals surface area contributed by atoms with Crippen molar-refractivity contribution in [2.75, 3.05) is 18.5 Å². The summed E-state index contributed by atoms with van der Waals surface area (Å²) in [5, 5.41) is 6.88. The number of carbonyl (C=O) groups excluding carboxylic acids is 1. The summed E-state index contributed by atoms with van der Waals surface area (Å²) < 4.78 is 5.90. The highest BCUT2D eigenvalue weighted by Crippen LogP contribution is 2.34. The molecule has 3 unspecified atom stereocenters. The number of amides is 1. The molecule has 3 aliphatic heterocycles. The van der Waals surface area contributed by atoms with E-state index in [1.807, 2.05) is 17.0 Å². The molecule has 3 fully saturated rings. The molecule has 6 heteroatoms. The van der Waals surface area contributed by atoms with Crippen LogP contribution in [-0.4, -0.2) is 43.7 Å². The van der Waals surface area contributed by atoms with Gasteiger partial charge in [-0.25, -0.2) is 0 Å². The van der Waals surface area contributed by atoms with Gasteiger partial charge in [0.15, 0.2) is 5.96 Å². The molecule has 1 amide bonds. The molecule has 3 aliphatic rings. The van der Waals surface area contributed by atoms with E-state index in [4.69, 9.17) is 4.74 Å². The Kier molecular flexibility index (Phi) is 5.11. The van der Waals surface area contributed by atoms with Gasteiger partial charge < -0.3 is 20.3 Å². The Balaban J connectivity index is 1.30. The molecule has 0 aromatic heterocycles. The number of nitrogens with one attached hydrogen (secondary N) is 2. The van der Waals surface area contributed by atoms with E-state index in [0.717, 1.165) is 43.9 Å². The summed E-state index contributed by atoms with van der Waals surface area (Å²) in [5.74, 6) is 1.06. The number of rotatable bonds is 4. The smallest absolute Gasteiger partial charge is 0.226 e. The van der Waals surface area contributed by atoms with Crippen molar-refractivity contribution < 1.29 is 9.53 Å². The van der Waals surface area contributed by atoms with Gasteiger partial charge >= 0.3 is 0 Å². The minimum absolute atomic E-state index is 0.236. The van der Waals surface area contributed by atoms with Crippen LogP contribution in [0.1, 0.15) is 44.1 Å². The van der Waals surface area contributed by atoms with Crippen molar-refractivity contribution in [3.05, 3.63) is 29.8 Å². The lowest BCUT2D eigenvalue weighted by Gasteiger charge is -2.27. The molecule has 3 atom stereocenters. The molecular weight excluding hydrogens is 328 g/mol. The molecular formula is C20H28N4O2. The van der Waals surface area contributed by atoms with Gasteiger partial charge in [0, 0.05) is 32.2 Å². The van der Waals surface area contributed by atoms with E-state index in [0.29, 0.717) is 31.2 Å². The molecule has 0 spiro atoms. The van der Waals surface area contributed by atoms with Crippen molar-refractivity contribution in [2.45, 2.75) is 63.3 Å². The van der Waals surface area contributed by atoms with E-state index in [2.05, 4.69) is 27.8 Å². The van der Waals surface area contributed by atoms with E-state index >= 15 is 0 Å². The average molecular weight is 356 g/mol. The number of ether oxygens (including phenoxy) is 1. The number of nitrogens with zero attached hydrogens (tertiary/aromatic N) is 2. The fourth-order valence-electron chi connectivity index (χ4n) is 4.22. The topological polar surface area (TPSA) is 66.0 Å². The molecule has 4 rings (SSSR count). The summed E-state index contributed by atoms with van der Waals surface area (Å²) in [5.41, 5.74) is 2.17. The second-order valence-corrected chi connectivity index (χ2v) is 7.46. The maximum absolute atomic E-state index is 12.0. The van der Waals surface area contributed by atoms with Crippen LogP contribution in [0.5, 0.6) is 0 Å². The fourth-order valence-corrected chi connectivity index (χ4v) is 4.22. The number of fused-ring (bicyclic) bond motifs is 2. The lowest BCUT2D eigenvalue weighted by molar-refractivity contribution is -0.119. The summed E-state index contributed by atoms with van der Waals surface area (Å²) in [6.45, 7) is 1.54. The number of hydrogen-bond donors (Lipinski definition) is 2. The maximum Gasteiger partial charge on any atom is 0.226 e. The molecule has 0 radical (unpaired) electrons. The molecule has 0 saturated carbocycles. The predicted molar refractivity (Wildman–Crippen MR) is 102 cm³/mol. The van der Waals surface area contributed by atoms with Crippen molar-refractivity contribution in [3.63, 3.8) is 0 Å². The largest absolute Gasteiger partial charge is 0.373 e. The summed E-state index contributed by atoms with van der Waals surface area (Å²) >= 11 is 0. The number of piperidine rings is 1. The van der Waals surface area contributed by atoms with Gasteiger partial charge in [0.25, 0.3) is 0 Å². The molecule has 2 bridgehead atoms. The second kappa shape index (κ2) is 7.66. The van der Waals surface area contributed by atoms with E-state index < -0.39 is 0 Å². The van der Waals surface area contributed by atoms with Crippen molar-refractivity contribution in [1.29, 1.82) is 0 Å². The Morgan fingerprint density at radius 3 is 2.77 bits per heavy atom. The standard InChI is InChI=1S/C20H28N4O2/c1-21-20(23-17-12-16-9-10-18(17)26-16)22-13-14-5-7-15(8-6-14)24-11-3-2-4-19(24)25/h5-8,16-18H,2-4,9-13H2,1H3,(H2,21,22,23). The lowest BCUT2D eigenvalue weighted by atomic mass is 9.96. The van der Waals surface area contributed by atoms with E-state index in [9.17, 15) is 4.79 Å². The van der Waals surface area contributed by atoms with Crippen molar-refractivity contribution >= 4 is 17.6 Å². The fraction of sp³-hybridized carbons (Fsp3) is 0.600. The number of hydrogen-bond acceptors (Lipinski definition) is 3. The van der Waals surface area contributed by atoms with E-state index in [1.54, 1.807) is 7.05 Å². The second-order valence-electron chi connectivity index (χ2n) is 7.46. The number of anilines is 1. The zero-order valence-electron chi connectivity index (χ0n) is 15.4. The summed E-state index contributed by atoms with van der Waals surface area (Å²) in [6.07, 6.45) is 6.94. The third-order valence-electron chi connectivity index (χ3n) is 5.68. The molecule has 6 nitrogen and oxygen atoms in total. The van der Waals surface area contributed by atoms with Crippen LogP contribution in [-0.2, 0) is 16.1 Å². The van der Waals surface area contributed by atoms with Crippen molar-refractivity contribution in [2.24, 2.45) is 4.99 Å². The van der Waals surface area contributed by atoms with Crippen LogP contribution in [0.15, 0.2) is 29.3 Å². The van der Waals surface area contributed by atoms with Gasteiger partial charge in [-0.1, -0.05) is 12.1 Å². The Morgan fingerprint density at radius 1 is 1.27 bits per heavy atom. The van der Waals surface area contributed by atoms with Crippen LogP contribution in [0.2, 0.25) is 0 Å². The summed E-state index contributed by atoms with van der Waals surface area (Å²) in [4.78, 5) is 18.3. The van der Waals surface area contributed by atoms with Crippen molar-refractivity contribution in [1.82, 2.24) is 10.6 Å². The van der Waals surface area contributed by atoms with Crippen LogP contribution in [0.25, 0.3) is 0 Å². The predicted octanol–water partition coefficient (Wildman–Crippen LogP) is 2.19. The Morgan fingerprint density at radius 2 is 2.12 bits per heavy atom. The SMILES string of the molecule is CN=C(NCc1ccc(N2CCCCC2=O)cc1)NC1CC2CCC1O2.